The molecule has 6 nitrogen and oxygen atoms in total. The van der Waals surface area contributed by atoms with E-state index in [-0.39, 0.29) is 13.2 Å². The van der Waals surface area contributed by atoms with E-state index in [4.69, 9.17) is 18.9 Å². The van der Waals surface area contributed by atoms with Crippen LogP contribution in [0, 0.1) is 11.8 Å². The normalized spacial score (nSPS) is 9.50. The smallest absolute Gasteiger partial charge is 0.384 e. The quantitative estimate of drug-likeness (QED) is 0.257. The molecule has 0 heterocycles. The molecule has 0 saturated carbocycles. The van der Waals surface area contributed by atoms with Gasteiger partial charge in [0.05, 0.1) is 13.2 Å². The molecule has 0 aliphatic rings. The van der Waals surface area contributed by atoms with Crippen molar-refractivity contribution in [3.63, 3.8) is 0 Å². The Morgan fingerprint density at radius 3 is 1.50 bits per heavy atom. The van der Waals surface area contributed by atoms with Gasteiger partial charge in [0.25, 0.3) is 0 Å². The summed E-state index contributed by atoms with van der Waals surface area (Å²) in [7, 11) is 0. The monoisotopic (exact) mass is 286 g/mol. The average molecular weight is 286 g/mol. The predicted octanol–water partition coefficient (Wildman–Crippen LogP) is 0.929. The van der Waals surface area contributed by atoms with Crippen LogP contribution in [-0.4, -0.2) is 51.6 Å². The number of carbonyl (C=O) groups excluding carboxylic acids is 2. The largest absolute Gasteiger partial charge is 0.456 e. The van der Waals surface area contributed by atoms with Gasteiger partial charge in [0, 0.05) is 51.1 Å². The fourth-order valence-corrected chi connectivity index (χ4v) is 1.11. The van der Waals surface area contributed by atoms with Crippen LogP contribution in [0.2, 0.25) is 0 Å². The summed E-state index contributed by atoms with van der Waals surface area (Å²) in [5.41, 5.74) is 0. The van der Waals surface area contributed by atoms with Crippen LogP contribution < -0.4 is 0 Å². The van der Waals surface area contributed by atoms with Crippen molar-refractivity contribution in [2.24, 2.45) is 0 Å². The van der Waals surface area contributed by atoms with Gasteiger partial charge in [-0.3, -0.25) is 0 Å². The lowest BCUT2D eigenvalue weighted by molar-refractivity contribution is -0.139. The SMILES string of the molecule is CCOCCCOC(=O)C#CC(=O)OCCCOCC. The number of hydrogen-bond donors (Lipinski definition) is 0. The van der Waals surface area contributed by atoms with E-state index in [1.54, 1.807) is 0 Å². The minimum absolute atomic E-state index is 0.219. The maximum absolute atomic E-state index is 11.1. The van der Waals surface area contributed by atoms with Crippen molar-refractivity contribution in [1.82, 2.24) is 0 Å². The summed E-state index contributed by atoms with van der Waals surface area (Å²) in [6, 6.07) is 0. The first kappa shape index (κ1) is 18.4. The van der Waals surface area contributed by atoms with Crippen molar-refractivity contribution >= 4 is 11.9 Å². The van der Waals surface area contributed by atoms with Gasteiger partial charge in [-0.15, -0.1) is 0 Å². The second kappa shape index (κ2) is 13.8. The Kier molecular flexibility index (Phi) is 12.7. The van der Waals surface area contributed by atoms with Gasteiger partial charge in [-0.1, -0.05) is 0 Å². The highest BCUT2D eigenvalue weighted by atomic mass is 16.5. The topological polar surface area (TPSA) is 71.1 Å². The summed E-state index contributed by atoms with van der Waals surface area (Å²) in [5, 5.41) is 0. The third-order valence-electron chi connectivity index (χ3n) is 2.01. The zero-order valence-electron chi connectivity index (χ0n) is 12.1. The Bertz CT molecular complexity index is 298. The molecule has 0 fully saturated rings. The van der Waals surface area contributed by atoms with Crippen LogP contribution in [0.3, 0.4) is 0 Å². The van der Waals surface area contributed by atoms with Crippen molar-refractivity contribution in [3.05, 3.63) is 0 Å². The van der Waals surface area contributed by atoms with Gasteiger partial charge in [-0.25, -0.2) is 9.59 Å². The first-order chi connectivity index (χ1) is 9.70. The molecular weight excluding hydrogens is 264 g/mol. The fourth-order valence-electron chi connectivity index (χ4n) is 1.11. The van der Waals surface area contributed by atoms with Crippen molar-refractivity contribution in [1.29, 1.82) is 0 Å². The van der Waals surface area contributed by atoms with Crippen LogP contribution in [0.15, 0.2) is 0 Å². The third-order valence-corrected chi connectivity index (χ3v) is 2.01. The Morgan fingerprint density at radius 2 is 1.15 bits per heavy atom. The van der Waals surface area contributed by atoms with E-state index in [9.17, 15) is 9.59 Å². The summed E-state index contributed by atoms with van der Waals surface area (Å²) in [6.07, 6.45) is 1.20. The number of ether oxygens (including phenoxy) is 4. The van der Waals surface area contributed by atoms with E-state index in [0.717, 1.165) is 0 Å². The second-order valence-corrected chi connectivity index (χ2v) is 3.62. The lowest BCUT2D eigenvalue weighted by Crippen LogP contribution is -2.08. The average Bonchev–Trinajstić information content (AvgIpc) is 2.44. The molecule has 114 valence electrons. The Hall–Kier alpha value is -1.58. The lowest BCUT2D eigenvalue weighted by Gasteiger charge is -2.01. The number of carbonyl (C=O) groups is 2. The van der Waals surface area contributed by atoms with E-state index in [1.165, 1.54) is 0 Å². The first-order valence-corrected chi connectivity index (χ1v) is 6.71. The van der Waals surface area contributed by atoms with Gasteiger partial charge >= 0.3 is 11.9 Å². The van der Waals surface area contributed by atoms with Crippen LogP contribution in [-0.2, 0) is 28.5 Å². The van der Waals surface area contributed by atoms with Crippen LogP contribution in [0.25, 0.3) is 0 Å². The molecule has 0 spiro atoms. The molecule has 0 atom stereocenters. The molecule has 0 aromatic heterocycles. The van der Waals surface area contributed by atoms with Crippen molar-refractivity contribution in [3.8, 4) is 11.8 Å². The summed E-state index contributed by atoms with van der Waals surface area (Å²) in [4.78, 5) is 22.3. The van der Waals surface area contributed by atoms with Crippen molar-refractivity contribution < 1.29 is 28.5 Å². The molecule has 0 unspecified atom stereocenters. The maximum atomic E-state index is 11.1. The fraction of sp³-hybridized carbons (Fsp3) is 0.714. The molecule has 0 rings (SSSR count). The van der Waals surface area contributed by atoms with Gasteiger partial charge in [0.2, 0.25) is 0 Å². The molecule has 6 heteroatoms. The number of hydrogen-bond acceptors (Lipinski definition) is 6. The molecular formula is C14H22O6. The zero-order chi connectivity index (χ0) is 15.1. The number of esters is 2. The van der Waals surface area contributed by atoms with E-state index >= 15 is 0 Å². The minimum Gasteiger partial charge on any atom is -0.456 e. The van der Waals surface area contributed by atoms with Crippen LogP contribution >= 0.6 is 0 Å². The molecule has 0 N–H and O–H groups in total. The van der Waals surface area contributed by atoms with Gasteiger partial charge in [0.15, 0.2) is 0 Å². The third kappa shape index (κ3) is 12.9. The highest BCUT2D eigenvalue weighted by Crippen LogP contribution is 1.87. The van der Waals surface area contributed by atoms with Crippen LogP contribution in [0.5, 0.6) is 0 Å². The maximum Gasteiger partial charge on any atom is 0.384 e. The van der Waals surface area contributed by atoms with E-state index in [2.05, 4.69) is 11.8 Å². The van der Waals surface area contributed by atoms with Gasteiger partial charge in [0.1, 0.15) is 0 Å². The summed E-state index contributed by atoms with van der Waals surface area (Å²) < 4.78 is 19.7. The summed E-state index contributed by atoms with van der Waals surface area (Å²) in [6.45, 7) is 6.52. The van der Waals surface area contributed by atoms with Gasteiger partial charge < -0.3 is 18.9 Å². The van der Waals surface area contributed by atoms with Crippen molar-refractivity contribution in [2.75, 3.05) is 39.6 Å². The second-order valence-electron chi connectivity index (χ2n) is 3.62. The van der Waals surface area contributed by atoms with E-state index in [0.29, 0.717) is 39.3 Å². The highest BCUT2D eigenvalue weighted by Gasteiger charge is 2.00. The Labute approximate surface area is 119 Å². The highest BCUT2D eigenvalue weighted by molar-refractivity contribution is 5.98. The van der Waals surface area contributed by atoms with Crippen LogP contribution in [0.1, 0.15) is 26.7 Å². The number of rotatable bonds is 10. The zero-order valence-corrected chi connectivity index (χ0v) is 12.1. The van der Waals surface area contributed by atoms with E-state index < -0.39 is 11.9 Å². The predicted molar refractivity (Wildman–Crippen MR) is 71.9 cm³/mol. The Balaban J connectivity index is 3.60. The molecule has 0 amide bonds. The molecule has 0 bridgehead atoms. The first-order valence-electron chi connectivity index (χ1n) is 6.71. The molecule has 20 heavy (non-hydrogen) atoms. The molecule has 0 aromatic rings. The molecule has 0 saturated heterocycles. The molecule has 0 aromatic carbocycles. The lowest BCUT2D eigenvalue weighted by atomic mass is 10.5. The molecule has 0 aliphatic heterocycles. The van der Waals surface area contributed by atoms with Gasteiger partial charge in [-0.05, 0) is 13.8 Å². The summed E-state index contributed by atoms with van der Waals surface area (Å²) >= 11 is 0. The minimum atomic E-state index is -0.743. The van der Waals surface area contributed by atoms with Crippen LogP contribution in [0.4, 0.5) is 0 Å². The molecule has 0 aliphatic carbocycles. The molecule has 0 radical (unpaired) electrons. The van der Waals surface area contributed by atoms with Gasteiger partial charge in [-0.2, -0.15) is 0 Å². The van der Waals surface area contributed by atoms with E-state index in [1.807, 2.05) is 13.8 Å². The summed E-state index contributed by atoms with van der Waals surface area (Å²) in [5.74, 6) is 2.65. The Morgan fingerprint density at radius 1 is 0.750 bits per heavy atom. The van der Waals surface area contributed by atoms with Crippen molar-refractivity contribution in [2.45, 2.75) is 26.7 Å². The standard InChI is InChI=1S/C14H22O6/c1-3-17-9-5-11-19-13(15)7-8-14(16)20-12-6-10-18-4-2/h3-6,9-12H2,1-2H3.